The van der Waals surface area contributed by atoms with Crippen molar-refractivity contribution in [2.45, 2.75) is 38.8 Å². The van der Waals surface area contributed by atoms with Crippen LogP contribution in [0.15, 0.2) is 12.4 Å². The van der Waals surface area contributed by atoms with Gasteiger partial charge in [-0.25, -0.2) is 0 Å². The van der Waals surface area contributed by atoms with Gasteiger partial charge in [-0.05, 0) is 6.42 Å². The molecule has 102 valence electrons. The molecule has 3 heterocycles. The van der Waals surface area contributed by atoms with Crippen molar-refractivity contribution in [2.24, 2.45) is 7.05 Å². The number of fused-ring (bicyclic) bond motifs is 1. The Morgan fingerprint density at radius 3 is 3.05 bits per heavy atom. The Labute approximate surface area is 112 Å². The minimum atomic E-state index is 0.116. The van der Waals surface area contributed by atoms with Crippen LogP contribution in [0.25, 0.3) is 0 Å². The van der Waals surface area contributed by atoms with Crippen LogP contribution in [-0.2, 0) is 20.0 Å². The Bertz CT molecular complexity index is 555. The van der Waals surface area contributed by atoms with E-state index in [9.17, 15) is 0 Å². The van der Waals surface area contributed by atoms with Gasteiger partial charge in [0.25, 0.3) is 0 Å². The first-order valence-corrected chi connectivity index (χ1v) is 6.93. The summed E-state index contributed by atoms with van der Waals surface area (Å²) in [5.74, 6) is 2.14. The lowest BCUT2D eigenvalue weighted by atomic mass is 10.1. The maximum atomic E-state index is 4.39. The summed E-state index contributed by atoms with van der Waals surface area (Å²) in [6.45, 7) is 4.11. The number of rotatable bonds is 4. The second-order valence-electron chi connectivity index (χ2n) is 5.06. The highest BCUT2D eigenvalue weighted by Crippen LogP contribution is 2.23. The molecular weight excluding hydrogens is 240 g/mol. The monoisotopic (exact) mass is 260 g/mol. The molecule has 1 aliphatic rings. The van der Waals surface area contributed by atoms with Crippen molar-refractivity contribution in [3.05, 3.63) is 29.6 Å². The van der Waals surface area contributed by atoms with Crippen LogP contribution < -0.4 is 5.32 Å². The van der Waals surface area contributed by atoms with Crippen molar-refractivity contribution in [1.29, 1.82) is 0 Å². The molecule has 0 saturated heterocycles. The molecule has 0 aliphatic carbocycles. The highest BCUT2D eigenvalue weighted by atomic mass is 15.3. The second-order valence-corrected chi connectivity index (χ2v) is 5.06. The van der Waals surface area contributed by atoms with Crippen LogP contribution in [0.5, 0.6) is 0 Å². The van der Waals surface area contributed by atoms with E-state index < -0.39 is 0 Å². The zero-order chi connectivity index (χ0) is 13.2. The van der Waals surface area contributed by atoms with Gasteiger partial charge in [0.05, 0.1) is 12.2 Å². The molecule has 19 heavy (non-hydrogen) atoms. The standard InChI is InChI=1S/C13H20N6/c1-3-4-5-11-16-17-13-12(14-6-7-19(11)13)10-8-15-18(2)9-10/h8-9,12,14H,3-7H2,1-2H3. The van der Waals surface area contributed by atoms with Crippen LogP contribution >= 0.6 is 0 Å². The molecule has 0 fully saturated rings. The maximum absolute atomic E-state index is 4.39. The van der Waals surface area contributed by atoms with E-state index in [2.05, 4.69) is 32.1 Å². The van der Waals surface area contributed by atoms with Gasteiger partial charge in [-0.15, -0.1) is 10.2 Å². The van der Waals surface area contributed by atoms with Gasteiger partial charge >= 0.3 is 0 Å². The number of unbranched alkanes of at least 4 members (excludes halogenated alkanes) is 1. The number of hydrogen-bond donors (Lipinski definition) is 1. The van der Waals surface area contributed by atoms with E-state index in [1.165, 1.54) is 12.8 Å². The van der Waals surface area contributed by atoms with E-state index in [-0.39, 0.29) is 6.04 Å². The fraction of sp³-hybridized carbons (Fsp3) is 0.615. The van der Waals surface area contributed by atoms with Gasteiger partial charge in [0.2, 0.25) is 0 Å². The molecule has 2 aromatic rings. The van der Waals surface area contributed by atoms with Gasteiger partial charge in [0.1, 0.15) is 5.82 Å². The minimum absolute atomic E-state index is 0.116. The van der Waals surface area contributed by atoms with Crippen LogP contribution in [-0.4, -0.2) is 31.1 Å². The van der Waals surface area contributed by atoms with Crippen LogP contribution in [0, 0.1) is 0 Å². The normalized spacial score (nSPS) is 18.5. The number of hydrogen-bond acceptors (Lipinski definition) is 4. The number of aromatic nitrogens is 5. The fourth-order valence-electron chi connectivity index (χ4n) is 2.59. The average molecular weight is 260 g/mol. The summed E-state index contributed by atoms with van der Waals surface area (Å²) in [6.07, 6.45) is 7.31. The molecular formula is C13H20N6. The van der Waals surface area contributed by atoms with Crippen molar-refractivity contribution in [1.82, 2.24) is 29.9 Å². The third-order valence-electron chi connectivity index (χ3n) is 3.61. The van der Waals surface area contributed by atoms with E-state index >= 15 is 0 Å². The maximum Gasteiger partial charge on any atom is 0.154 e. The lowest BCUT2D eigenvalue weighted by Gasteiger charge is -2.24. The Morgan fingerprint density at radius 2 is 2.32 bits per heavy atom. The first-order valence-electron chi connectivity index (χ1n) is 6.93. The molecule has 1 unspecified atom stereocenters. The molecule has 6 heteroatoms. The van der Waals surface area contributed by atoms with E-state index in [4.69, 9.17) is 0 Å². The van der Waals surface area contributed by atoms with Crippen LogP contribution in [0.1, 0.15) is 43.0 Å². The SMILES string of the molecule is CCCCc1nnc2n1CCNC2c1cnn(C)c1. The van der Waals surface area contributed by atoms with Gasteiger partial charge in [-0.3, -0.25) is 4.68 Å². The molecule has 0 amide bonds. The van der Waals surface area contributed by atoms with Crippen LogP contribution in [0.2, 0.25) is 0 Å². The average Bonchev–Trinajstić information content (AvgIpc) is 3.02. The van der Waals surface area contributed by atoms with Gasteiger partial charge in [0.15, 0.2) is 5.82 Å². The van der Waals surface area contributed by atoms with Gasteiger partial charge < -0.3 is 9.88 Å². The molecule has 0 spiro atoms. The second kappa shape index (κ2) is 5.13. The highest BCUT2D eigenvalue weighted by Gasteiger charge is 2.26. The predicted molar refractivity (Wildman–Crippen MR) is 71.7 cm³/mol. The van der Waals surface area contributed by atoms with Crippen molar-refractivity contribution in [2.75, 3.05) is 6.54 Å². The smallest absolute Gasteiger partial charge is 0.154 e. The molecule has 0 bridgehead atoms. The van der Waals surface area contributed by atoms with Crippen molar-refractivity contribution in [3.63, 3.8) is 0 Å². The summed E-state index contributed by atoms with van der Waals surface area (Å²) in [5.41, 5.74) is 1.15. The van der Waals surface area contributed by atoms with Crippen molar-refractivity contribution >= 4 is 0 Å². The molecule has 1 aliphatic heterocycles. The van der Waals surface area contributed by atoms with E-state index in [1.54, 1.807) is 0 Å². The minimum Gasteiger partial charge on any atom is -0.312 e. The lowest BCUT2D eigenvalue weighted by molar-refractivity contribution is 0.445. The third kappa shape index (κ3) is 2.28. The zero-order valence-electron chi connectivity index (χ0n) is 11.5. The van der Waals surface area contributed by atoms with Gasteiger partial charge in [0, 0.05) is 38.3 Å². The fourth-order valence-corrected chi connectivity index (χ4v) is 2.59. The van der Waals surface area contributed by atoms with Gasteiger partial charge in [-0.1, -0.05) is 13.3 Å². The number of nitrogens with one attached hydrogen (secondary N) is 1. The van der Waals surface area contributed by atoms with Crippen LogP contribution in [0.3, 0.4) is 0 Å². The lowest BCUT2D eigenvalue weighted by Crippen LogP contribution is -2.34. The molecule has 1 atom stereocenters. The van der Waals surface area contributed by atoms with Crippen molar-refractivity contribution in [3.8, 4) is 0 Å². The first kappa shape index (κ1) is 12.3. The predicted octanol–water partition coefficient (Wildman–Crippen LogP) is 1.05. The first-order chi connectivity index (χ1) is 9.29. The topological polar surface area (TPSA) is 60.6 Å². The van der Waals surface area contributed by atoms with Crippen LogP contribution in [0.4, 0.5) is 0 Å². The molecule has 0 radical (unpaired) electrons. The summed E-state index contributed by atoms with van der Waals surface area (Å²) in [6, 6.07) is 0.116. The molecule has 3 rings (SSSR count). The van der Waals surface area contributed by atoms with E-state index in [0.717, 1.165) is 36.7 Å². The Morgan fingerprint density at radius 1 is 1.42 bits per heavy atom. The Kier molecular flexibility index (Phi) is 3.33. The van der Waals surface area contributed by atoms with Gasteiger partial charge in [-0.2, -0.15) is 5.10 Å². The molecule has 0 aromatic carbocycles. The third-order valence-corrected chi connectivity index (χ3v) is 3.61. The molecule has 1 N–H and O–H groups in total. The largest absolute Gasteiger partial charge is 0.312 e. The summed E-state index contributed by atoms with van der Waals surface area (Å²) in [4.78, 5) is 0. The molecule has 2 aromatic heterocycles. The molecule has 0 saturated carbocycles. The number of aryl methyl sites for hydroxylation is 2. The highest BCUT2D eigenvalue weighted by molar-refractivity contribution is 5.21. The zero-order valence-corrected chi connectivity index (χ0v) is 11.5. The summed E-state index contributed by atoms with van der Waals surface area (Å²) >= 11 is 0. The summed E-state index contributed by atoms with van der Waals surface area (Å²) in [5, 5.41) is 16.5. The Hall–Kier alpha value is -1.69. The summed E-state index contributed by atoms with van der Waals surface area (Å²) in [7, 11) is 1.93. The summed E-state index contributed by atoms with van der Waals surface area (Å²) < 4.78 is 4.09. The Balaban J connectivity index is 1.90. The van der Waals surface area contributed by atoms with E-state index in [1.807, 2.05) is 24.1 Å². The van der Waals surface area contributed by atoms with Crippen molar-refractivity contribution < 1.29 is 0 Å². The number of nitrogens with zero attached hydrogens (tertiary/aromatic N) is 5. The quantitative estimate of drug-likeness (QED) is 0.892. The molecule has 6 nitrogen and oxygen atoms in total. The van der Waals surface area contributed by atoms with E-state index in [0.29, 0.717) is 0 Å².